The van der Waals surface area contributed by atoms with Crippen molar-refractivity contribution in [1.82, 2.24) is 13.9 Å². The Morgan fingerprint density at radius 2 is 2.15 bits per heavy atom. The van der Waals surface area contributed by atoms with Crippen LogP contribution in [0, 0.1) is 5.92 Å². The van der Waals surface area contributed by atoms with Crippen molar-refractivity contribution in [3.05, 3.63) is 42.0 Å². The van der Waals surface area contributed by atoms with E-state index in [4.69, 9.17) is 0 Å². The third-order valence-corrected chi connectivity index (χ3v) is 7.40. The first-order valence-electron chi connectivity index (χ1n) is 9.23. The van der Waals surface area contributed by atoms with Crippen LogP contribution in [-0.2, 0) is 34.2 Å². The maximum Gasteiger partial charge on any atom is 0.242 e. The largest absolute Gasteiger partial charge is 0.335 e. The Balaban J connectivity index is 1.51. The highest BCUT2D eigenvalue weighted by atomic mass is 32.2. The van der Waals surface area contributed by atoms with Crippen LogP contribution in [0.3, 0.4) is 0 Å². The van der Waals surface area contributed by atoms with Crippen molar-refractivity contribution in [3.63, 3.8) is 0 Å². The number of carbonyl (C=O) groups excluding carboxylic acids is 1. The predicted octanol–water partition coefficient (Wildman–Crippen LogP) is 1.68. The maximum atomic E-state index is 13.0. The van der Waals surface area contributed by atoms with Crippen molar-refractivity contribution in [2.75, 3.05) is 25.0 Å². The predicted molar refractivity (Wildman–Crippen MR) is 102 cm³/mol. The number of nitrogens with zero attached hydrogens (tertiary/aromatic N) is 4. The van der Waals surface area contributed by atoms with Crippen LogP contribution in [0.2, 0.25) is 0 Å². The molecule has 27 heavy (non-hydrogen) atoms. The smallest absolute Gasteiger partial charge is 0.242 e. The fraction of sp³-hybridized carbons (Fsp3) is 0.474. The molecule has 0 saturated heterocycles. The van der Waals surface area contributed by atoms with Crippen LogP contribution in [0.1, 0.15) is 24.7 Å². The Labute approximate surface area is 159 Å². The van der Waals surface area contributed by atoms with Gasteiger partial charge in [0.05, 0.1) is 4.90 Å². The number of fused-ring (bicyclic) bond motifs is 2. The van der Waals surface area contributed by atoms with E-state index < -0.39 is 10.0 Å². The molecule has 7 nitrogen and oxygen atoms in total. The average Bonchev–Trinajstić information content (AvgIpc) is 3.27. The molecule has 0 unspecified atom stereocenters. The second-order valence-corrected chi connectivity index (χ2v) is 9.44. The minimum Gasteiger partial charge on any atom is -0.335 e. The van der Waals surface area contributed by atoms with Gasteiger partial charge in [-0.2, -0.15) is 0 Å². The molecule has 0 fully saturated rings. The van der Waals surface area contributed by atoms with E-state index in [0.717, 1.165) is 36.5 Å². The summed E-state index contributed by atoms with van der Waals surface area (Å²) < 4.78 is 29.7. The summed E-state index contributed by atoms with van der Waals surface area (Å²) in [5.41, 5.74) is 1.74. The molecule has 1 atom stereocenters. The lowest BCUT2D eigenvalue weighted by molar-refractivity contribution is -0.116. The molecule has 0 bridgehead atoms. The van der Waals surface area contributed by atoms with Gasteiger partial charge in [-0.15, -0.1) is 0 Å². The molecule has 0 saturated carbocycles. The van der Waals surface area contributed by atoms with Crippen LogP contribution < -0.4 is 4.90 Å². The highest BCUT2D eigenvalue weighted by Crippen LogP contribution is 2.31. The van der Waals surface area contributed by atoms with Gasteiger partial charge in [0.15, 0.2) is 0 Å². The maximum absolute atomic E-state index is 13.0. The van der Waals surface area contributed by atoms with Crippen LogP contribution in [0.15, 0.2) is 35.5 Å². The zero-order valence-corrected chi connectivity index (χ0v) is 16.4. The Kier molecular flexibility index (Phi) is 4.55. The SMILES string of the molecule is CC(=O)N1CCc2cc(S(=O)(=O)N(C)C[C@H]3CCc4nccn4C3)ccc21. The zero-order chi connectivity index (χ0) is 19.2. The number of sulfonamides is 1. The van der Waals surface area contributed by atoms with Crippen molar-refractivity contribution in [2.45, 2.75) is 37.6 Å². The first-order chi connectivity index (χ1) is 12.9. The van der Waals surface area contributed by atoms with Crippen LogP contribution in [0.25, 0.3) is 0 Å². The Morgan fingerprint density at radius 1 is 1.33 bits per heavy atom. The monoisotopic (exact) mass is 388 g/mol. The van der Waals surface area contributed by atoms with Crippen molar-refractivity contribution >= 4 is 21.6 Å². The summed E-state index contributed by atoms with van der Waals surface area (Å²) in [7, 11) is -1.91. The molecule has 2 aromatic rings. The summed E-state index contributed by atoms with van der Waals surface area (Å²) in [5, 5.41) is 0. The topological polar surface area (TPSA) is 75.5 Å². The van der Waals surface area contributed by atoms with Gasteiger partial charge in [0.1, 0.15) is 5.82 Å². The number of rotatable bonds is 4. The van der Waals surface area contributed by atoms with E-state index in [-0.39, 0.29) is 11.8 Å². The lowest BCUT2D eigenvalue weighted by Crippen LogP contribution is -2.35. The number of anilines is 1. The molecule has 1 amide bonds. The Bertz CT molecular complexity index is 983. The molecule has 0 spiro atoms. The summed E-state index contributed by atoms with van der Waals surface area (Å²) >= 11 is 0. The zero-order valence-electron chi connectivity index (χ0n) is 15.6. The molecule has 2 aliphatic heterocycles. The molecule has 2 aliphatic rings. The summed E-state index contributed by atoms with van der Waals surface area (Å²) in [4.78, 5) is 18.0. The van der Waals surface area contributed by atoms with Gasteiger partial charge < -0.3 is 9.47 Å². The third kappa shape index (κ3) is 3.27. The minimum atomic E-state index is -3.56. The van der Waals surface area contributed by atoms with E-state index in [1.54, 1.807) is 36.3 Å². The highest BCUT2D eigenvalue weighted by Gasteiger charge is 2.29. The average molecular weight is 388 g/mol. The Hall–Kier alpha value is -2.19. The molecule has 0 radical (unpaired) electrons. The Morgan fingerprint density at radius 3 is 2.93 bits per heavy atom. The highest BCUT2D eigenvalue weighted by molar-refractivity contribution is 7.89. The fourth-order valence-corrected chi connectivity index (χ4v) is 5.39. The van der Waals surface area contributed by atoms with Gasteiger partial charge in [0.2, 0.25) is 15.9 Å². The van der Waals surface area contributed by atoms with Crippen molar-refractivity contribution in [2.24, 2.45) is 5.92 Å². The first-order valence-corrected chi connectivity index (χ1v) is 10.7. The molecule has 4 rings (SSSR count). The lowest BCUT2D eigenvalue weighted by Gasteiger charge is -2.28. The van der Waals surface area contributed by atoms with Gasteiger partial charge in [0.25, 0.3) is 0 Å². The summed E-state index contributed by atoms with van der Waals surface area (Å²) in [6, 6.07) is 5.09. The number of amides is 1. The van der Waals surface area contributed by atoms with E-state index in [1.165, 1.54) is 11.2 Å². The standard InChI is InChI=1S/C19H24N4O3S/c1-14(24)23-9-7-16-11-17(4-5-18(16)23)27(25,26)21(2)12-15-3-6-19-20-8-10-22(19)13-15/h4-5,8,10-11,15H,3,6-7,9,12-13H2,1-2H3/t15-/m1/s1. The number of benzene rings is 1. The van der Waals surface area contributed by atoms with Crippen LogP contribution in [0.4, 0.5) is 5.69 Å². The molecule has 0 N–H and O–H groups in total. The van der Waals surface area contributed by atoms with Gasteiger partial charge in [-0.25, -0.2) is 17.7 Å². The van der Waals surface area contributed by atoms with E-state index in [1.807, 2.05) is 6.20 Å². The fourth-order valence-electron chi connectivity index (χ4n) is 4.09. The number of aromatic nitrogens is 2. The van der Waals surface area contributed by atoms with Crippen LogP contribution in [-0.4, -0.2) is 48.3 Å². The molecule has 1 aromatic heterocycles. The van der Waals surface area contributed by atoms with E-state index in [0.29, 0.717) is 24.4 Å². The molecule has 3 heterocycles. The quantitative estimate of drug-likeness (QED) is 0.799. The molecule has 0 aliphatic carbocycles. The summed E-state index contributed by atoms with van der Waals surface area (Å²) in [6.45, 7) is 3.42. The van der Waals surface area contributed by atoms with Crippen LogP contribution >= 0.6 is 0 Å². The van der Waals surface area contributed by atoms with Crippen molar-refractivity contribution < 1.29 is 13.2 Å². The molecular weight excluding hydrogens is 364 g/mol. The lowest BCUT2D eigenvalue weighted by atomic mass is 10.00. The number of hydrogen-bond donors (Lipinski definition) is 0. The van der Waals surface area contributed by atoms with Gasteiger partial charge in [-0.05, 0) is 42.5 Å². The van der Waals surface area contributed by atoms with Gasteiger partial charge in [-0.1, -0.05) is 0 Å². The number of aryl methyl sites for hydroxylation is 1. The number of imidazole rings is 1. The third-order valence-electron chi connectivity index (χ3n) is 5.58. The number of carbonyl (C=O) groups is 1. The molecular formula is C19H24N4O3S. The second-order valence-electron chi connectivity index (χ2n) is 7.40. The summed E-state index contributed by atoms with van der Waals surface area (Å²) in [5.74, 6) is 1.33. The molecule has 8 heteroatoms. The number of hydrogen-bond acceptors (Lipinski definition) is 4. The first kappa shape index (κ1) is 18.2. The normalized spacial score (nSPS) is 19.2. The summed E-state index contributed by atoms with van der Waals surface area (Å²) in [6.07, 6.45) is 6.26. The minimum absolute atomic E-state index is 0.0161. The second kappa shape index (κ2) is 6.76. The van der Waals surface area contributed by atoms with E-state index in [9.17, 15) is 13.2 Å². The van der Waals surface area contributed by atoms with E-state index in [2.05, 4.69) is 9.55 Å². The molecule has 1 aromatic carbocycles. The van der Waals surface area contributed by atoms with Crippen LogP contribution in [0.5, 0.6) is 0 Å². The van der Waals surface area contributed by atoms with Crippen molar-refractivity contribution in [3.8, 4) is 0 Å². The van der Waals surface area contributed by atoms with E-state index >= 15 is 0 Å². The van der Waals surface area contributed by atoms with Gasteiger partial charge in [-0.3, -0.25) is 4.79 Å². The molecule has 144 valence electrons. The van der Waals surface area contributed by atoms with Gasteiger partial charge in [0, 0.05) is 58.1 Å². The van der Waals surface area contributed by atoms with Crippen molar-refractivity contribution in [1.29, 1.82) is 0 Å². The van der Waals surface area contributed by atoms with Gasteiger partial charge >= 0.3 is 0 Å².